The van der Waals surface area contributed by atoms with Gasteiger partial charge in [-0.3, -0.25) is 14.9 Å². The minimum absolute atomic E-state index is 0.0904. The van der Waals surface area contributed by atoms with Gasteiger partial charge < -0.3 is 15.8 Å². The Kier molecular flexibility index (Phi) is 4.88. The lowest BCUT2D eigenvalue weighted by Crippen LogP contribution is -2.12. The molecular formula is C17H15FN6O2. The van der Waals surface area contributed by atoms with Crippen LogP contribution in [-0.2, 0) is 0 Å². The predicted molar refractivity (Wildman–Crippen MR) is 94.8 cm³/mol. The van der Waals surface area contributed by atoms with E-state index in [2.05, 4.69) is 25.5 Å². The van der Waals surface area contributed by atoms with Crippen LogP contribution in [0.3, 0.4) is 0 Å². The van der Waals surface area contributed by atoms with Crippen LogP contribution in [0.1, 0.15) is 15.9 Å². The Labute approximate surface area is 147 Å². The quantitative estimate of drug-likeness (QED) is 0.588. The van der Waals surface area contributed by atoms with E-state index in [4.69, 9.17) is 10.5 Å². The first-order valence-electron chi connectivity index (χ1n) is 7.51. The van der Waals surface area contributed by atoms with Gasteiger partial charge in [-0.2, -0.15) is 5.10 Å². The van der Waals surface area contributed by atoms with E-state index >= 15 is 0 Å². The van der Waals surface area contributed by atoms with Crippen molar-refractivity contribution in [3.63, 3.8) is 0 Å². The first kappa shape index (κ1) is 17.1. The van der Waals surface area contributed by atoms with E-state index < -0.39 is 11.7 Å². The maximum absolute atomic E-state index is 13.5. The zero-order chi connectivity index (χ0) is 18.5. The zero-order valence-corrected chi connectivity index (χ0v) is 13.7. The number of amides is 1. The Morgan fingerprint density at radius 1 is 1.42 bits per heavy atom. The third kappa shape index (κ3) is 3.66. The molecule has 3 rings (SSSR count). The van der Waals surface area contributed by atoms with E-state index in [1.165, 1.54) is 31.5 Å². The number of nitrogens with one attached hydrogen (secondary N) is 2. The summed E-state index contributed by atoms with van der Waals surface area (Å²) in [4.78, 5) is 20.0. The summed E-state index contributed by atoms with van der Waals surface area (Å²) in [7, 11) is 1.37. The maximum Gasteiger partial charge on any atom is 0.256 e. The third-order valence-corrected chi connectivity index (χ3v) is 3.44. The van der Waals surface area contributed by atoms with E-state index in [0.717, 1.165) is 0 Å². The molecule has 9 heteroatoms. The molecule has 0 aliphatic rings. The zero-order valence-electron chi connectivity index (χ0n) is 13.7. The summed E-state index contributed by atoms with van der Waals surface area (Å²) in [6.07, 6.45) is 4.64. The van der Waals surface area contributed by atoms with Crippen molar-refractivity contribution in [3.8, 4) is 5.75 Å². The molecule has 8 nitrogen and oxygen atoms in total. The number of primary amides is 1. The number of H-pyrrole nitrogens is 1. The van der Waals surface area contributed by atoms with Gasteiger partial charge >= 0.3 is 0 Å². The van der Waals surface area contributed by atoms with Gasteiger partial charge in [0.25, 0.3) is 5.91 Å². The fourth-order valence-corrected chi connectivity index (χ4v) is 2.22. The van der Waals surface area contributed by atoms with Crippen molar-refractivity contribution in [3.05, 3.63) is 59.7 Å². The van der Waals surface area contributed by atoms with Crippen LogP contribution in [0.25, 0.3) is 0 Å². The fourth-order valence-electron chi connectivity index (χ4n) is 2.22. The number of aromatic nitrogens is 3. The highest BCUT2D eigenvalue weighted by Crippen LogP contribution is 2.26. The summed E-state index contributed by atoms with van der Waals surface area (Å²) >= 11 is 0. The van der Waals surface area contributed by atoms with Gasteiger partial charge in [-0.15, -0.1) is 0 Å². The van der Waals surface area contributed by atoms with Crippen LogP contribution in [0.2, 0.25) is 0 Å². The number of methoxy groups -OCH3 is 1. The summed E-state index contributed by atoms with van der Waals surface area (Å²) in [6, 6.07) is 7.77. The van der Waals surface area contributed by atoms with Gasteiger partial charge in [0, 0.05) is 12.4 Å². The summed E-state index contributed by atoms with van der Waals surface area (Å²) in [5, 5.41) is 9.63. The highest BCUT2D eigenvalue weighted by Gasteiger charge is 2.18. The number of anilines is 2. The van der Waals surface area contributed by atoms with Gasteiger partial charge in [-0.05, 0) is 29.8 Å². The molecule has 0 aliphatic carbocycles. The number of pyridine rings is 1. The summed E-state index contributed by atoms with van der Waals surface area (Å²) in [5.41, 5.74) is 6.76. The van der Waals surface area contributed by atoms with Crippen LogP contribution < -0.4 is 15.8 Å². The first-order valence-corrected chi connectivity index (χ1v) is 7.51. The third-order valence-electron chi connectivity index (χ3n) is 3.44. The number of hydrogen-bond donors (Lipinski definition) is 3. The number of halogens is 1. The molecule has 0 unspecified atom stereocenters. The van der Waals surface area contributed by atoms with Gasteiger partial charge in [0.2, 0.25) is 0 Å². The maximum atomic E-state index is 13.5. The number of aliphatic imine (C=N–C) groups is 1. The second kappa shape index (κ2) is 7.43. The summed E-state index contributed by atoms with van der Waals surface area (Å²) < 4.78 is 18.4. The molecule has 0 fully saturated rings. The van der Waals surface area contributed by atoms with Crippen molar-refractivity contribution >= 4 is 29.4 Å². The van der Waals surface area contributed by atoms with Crippen molar-refractivity contribution in [2.75, 3.05) is 12.4 Å². The van der Waals surface area contributed by atoms with Crippen molar-refractivity contribution in [2.24, 2.45) is 10.7 Å². The van der Waals surface area contributed by atoms with Crippen LogP contribution in [0.15, 0.2) is 47.7 Å². The Balaban J connectivity index is 1.89. The number of rotatable bonds is 6. The van der Waals surface area contributed by atoms with Crippen molar-refractivity contribution < 1.29 is 13.9 Å². The molecule has 0 saturated carbocycles. The molecule has 3 aromatic rings. The van der Waals surface area contributed by atoms with E-state index in [9.17, 15) is 9.18 Å². The molecule has 1 amide bonds. The number of benzene rings is 1. The summed E-state index contributed by atoms with van der Waals surface area (Å²) in [6.45, 7) is 0. The number of aromatic amines is 1. The smallest absolute Gasteiger partial charge is 0.256 e. The molecule has 1 aromatic carbocycles. The second-order valence-electron chi connectivity index (χ2n) is 5.18. The average Bonchev–Trinajstić information content (AvgIpc) is 3.04. The topological polar surface area (TPSA) is 118 Å². The highest BCUT2D eigenvalue weighted by molar-refractivity contribution is 6.03. The van der Waals surface area contributed by atoms with Crippen molar-refractivity contribution in [2.45, 2.75) is 0 Å². The monoisotopic (exact) mass is 354 g/mol. The molecule has 132 valence electrons. The molecular weight excluding hydrogens is 339 g/mol. The molecule has 0 radical (unpaired) electrons. The molecule has 2 heterocycles. The van der Waals surface area contributed by atoms with E-state index in [1.54, 1.807) is 24.5 Å². The standard InChI is InChI=1S/C17H15FN6O2/c1-26-13-7-10(4-5-12(13)18)8-21-16-14(15(19)25)17(24-23-16)22-11-3-2-6-20-9-11/h2-9H,1H3,(H2,19,25)(H2,22,23,24). The van der Waals surface area contributed by atoms with Crippen LogP contribution in [0.5, 0.6) is 5.75 Å². The van der Waals surface area contributed by atoms with Gasteiger partial charge in [-0.25, -0.2) is 9.38 Å². The predicted octanol–water partition coefficient (Wildman–Crippen LogP) is 2.55. The van der Waals surface area contributed by atoms with Gasteiger partial charge in [0.05, 0.1) is 19.0 Å². The van der Waals surface area contributed by atoms with Gasteiger partial charge in [0.15, 0.2) is 23.2 Å². The minimum Gasteiger partial charge on any atom is -0.494 e. The number of hydrogen-bond acceptors (Lipinski definition) is 6. The molecule has 0 saturated heterocycles. The molecule has 26 heavy (non-hydrogen) atoms. The lowest BCUT2D eigenvalue weighted by atomic mass is 10.2. The average molecular weight is 354 g/mol. The Morgan fingerprint density at radius 2 is 2.27 bits per heavy atom. The number of carbonyl (C=O) groups excluding carboxylic acids is 1. The number of nitrogens with two attached hydrogens (primary N) is 1. The SMILES string of the molecule is COc1cc(C=Nc2[nH]nc(Nc3cccnc3)c2C(N)=O)ccc1F. The molecule has 0 atom stereocenters. The largest absolute Gasteiger partial charge is 0.494 e. The van der Waals surface area contributed by atoms with E-state index in [-0.39, 0.29) is 22.9 Å². The van der Waals surface area contributed by atoms with E-state index in [1.807, 2.05) is 0 Å². The summed E-state index contributed by atoms with van der Waals surface area (Å²) in [5.74, 6) is -0.685. The minimum atomic E-state index is -0.700. The Bertz CT molecular complexity index is 955. The van der Waals surface area contributed by atoms with Crippen LogP contribution in [-0.4, -0.2) is 34.4 Å². The molecule has 0 spiro atoms. The molecule has 4 N–H and O–H groups in total. The van der Waals surface area contributed by atoms with Gasteiger partial charge in [-0.1, -0.05) is 6.07 Å². The van der Waals surface area contributed by atoms with E-state index in [0.29, 0.717) is 11.3 Å². The number of carbonyl (C=O) groups is 1. The second-order valence-corrected chi connectivity index (χ2v) is 5.18. The Morgan fingerprint density at radius 3 is 2.96 bits per heavy atom. The molecule has 0 aliphatic heterocycles. The first-order chi connectivity index (χ1) is 12.6. The number of ether oxygens (including phenoxy) is 1. The molecule has 2 aromatic heterocycles. The van der Waals surface area contributed by atoms with Crippen LogP contribution in [0.4, 0.5) is 21.7 Å². The number of nitrogens with zero attached hydrogens (tertiary/aromatic N) is 3. The van der Waals surface area contributed by atoms with Crippen molar-refractivity contribution in [1.29, 1.82) is 0 Å². The fraction of sp³-hybridized carbons (Fsp3) is 0.0588. The normalized spacial score (nSPS) is 10.8. The lowest BCUT2D eigenvalue weighted by molar-refractivity contribution is 0.100. The van der Waals surface area contributed by atoms with Gasteiger partial charge in [0.1, 0.15) is 5.56 Å². The van der Waals surface area contributed by atoms with Crippen molar-refractivity contribution in [1.82, 2.24) is 15.2 Å². The van der Waals surface area contributed by atoms with Crippen LogP contribution >= 0.6 is 0 Å². The molecule has 0 bridgehead atoms. The lowest BCUT2D eigenvalue weighted by Gasteiger charge is -2.03. The highest BCUT2D eigenvalue weighted by atomic mass is 19.1. The van der Waals surface area contributed by atoms with Crippen LogP contribution in [0, 0.1) is 5.82 Å². The Hall–Kier alpha value is -3.75.